The van der Waals surface area contributed by atoms with Gasteiger partial charge < -0.3 is 26.2 Å². The second kappa shape index (κ2) is 13.5. The molecule has 0 bridgehead atoms. The van der Waals surface area contributed by atoms with Crippen molar-refractivity contribution in [3.63, 3.8) is 0 Å². The normalized spacial score (nSPS) is 21.5. The molecule has 6 nitrogen and oxygen atoms in total. The molecule has 1 saturated heterocycles. The number of carbonyl (C=O) groups excluding carboxylic acids is 1. The summed E-state index contributed by atoms with van der Waals surface area (Å²) in [4.78, 5) is 14.1. The van der Waals surface area contributed by atoms with Crippen LogP contribution in [0.4, 0.5) is 0 Å². The number of amides is 1. The number of nitrogens with zero attached hydrogens (tertiary/aromatic N) is 1. The molecule has 0 spiro atoms. The van der Waals surface area contributed by atoms with Crippen molar-refractivity contribution in [3.8, 4) is 0 Å². The number of likely N-dealkylation sites (N-methyl/N-ethyl adjacent to an activating group) is 1. The molecule has 4 atom stereocenters. The van der Waals surface area contributed by atoms with Gasteiger partial charge in [0.1, 0.15) is 0 Å². The number of hydrogen-bond acceptors (Lipinski definition) is 5. The van der Waals surface area contributed by atoms with E-state index in [1.807, 2.05) is 14.0 Å². The largest absolute Gasteiger partial charge is 0.393 e. The maximum atomic E-state index is 11.9. The average Bonchev–Trinajstić information content (AvgIpc) is 2.99. The molecule has 1 heterocycles. The zero-order valence-electron chi connectivity index (χ0n) is 16.8. The summed E-state index contributed by atoms with van der Waals surface area (Å²) < 4.78 is 0. The van der Waals surface area contributed by atoms with E-state index >= 15 is 0 Å². The van der Waals surface area contributed by atoms with Gasteiger partial charge >= 0.3 is 0 Å². The van der Waals surface area contributed by atoms with Crippen LogP contribution in [0.25, 0.3) is 0 Å². The van der Waals surface area contributed by atoms with Gasteiger partial charge in [-0.2, -0.15) is 0 Å². The van der Waals surface area contributed by atoms with E-state index in [4.69, 9.17) is 5.73 Å². The third-order valence-corrected chi connectivity index (χ3v) is 5.41. The Balaban J connectivity index is 1.98. The van der Waals surface area contributed by atoms with Gasteiger partial charge in [0.2, 0.25) is 5.91 Å². The topological polar surface area (TPSA) is 98.8 Å². The molecule has 0 radical (unpaired) electrons. The number of nitrogens with two attached hydrogens (primary N) is 1. The number of hydrogen-bond donors (Lipinski definition) is 4. The lowest BCUT2D eigenvalue weighted by Gasteiger charge is -2.24. The monoisotopic (exact) mass is 371 g/mol. The second-order valence-corrected chi connectivity index (χ2v) is 8.08. The average molecular weight is 372 g/mol. The molecule has 0 aromatic carbocycles. The zero-order chi connectivity index (χ0) is 19.4. The minimum atomic E-state index is -0.602. The number of likely N-dealkylation sites (tertiary alicyclic amines) is 1. The Morgan fingerprint density at radius 1 is 1.15 bits per heavy atom. The lowest BCUT2D eigenvalue weighted by atomic mass is 10.0. The Morgan fingerprint density at radius 3 is 2.42 bits per heavy atom. The van der Waals surface area contributed by atoms with Gasteiger partial charge in [-0.1, -0.05) is 32.1 Å². The number of aliphatic hydroxyl groups is 2. The van der Waals surface area contributed by atoms with Crippen LogP contribution in [-0.4, -0.2) is 65.4 Å². The smallest absolute Gasteiger partial charge is 0.222 e. The van der Waals surface area contributed by atoms with Gasteiger partial charge in [0.25, 0.3) is 0 Å². The molecular weight excluding hydrogens is 330 g/mol. The van der Waals surface area contributed by atoms with E-state index < -0.39 is 6.10 Å². The van der Waals surface area contributed by atoms with Crippen molar-refractivity contribution >= 4 is 5.91 Å². The fraction of sp³-hybridized carbons (Fsp3) is 0.950. The molecule has 0 aromatic rings. The molecule has 5 N–H and O–H groups in total. The summed E-state index contributed by atoms with van der Waals surface area (Å²) >= 11 is 0. The van der Waals surface area contributed by atoms with Gasteiger partial charge in [0.05, 0.1) is 18.6 Å². The highest BCUT2D eigenvalue weighted by Crippen LogP contribution is 2.19. The highest BCUT2D eigenvalue weighted by atomic mass is 16.3. The number of unbranched alkanes of at least 4 members (excludes halogenated alkanes) is 4. The third-order valence-electron chi connectivity index (χ3n) is 5.41. The number of nitrogens with one attached hydrogen (secondary N) is 1. The van der Waals surface area contributed by atoms with Crippen molar-refractivity contribution in [1.29, 1.82) is 0 Å². The fourth-order valence-electron chi connectivity index (χ4n) is 3.72. The van der Waals surface area contributed by atoms with Crippen LogP contribution in [0.15, 0.2) is 0 Å². The summed E-state index contributed by atoms with van der Waals surface area (Å²) in [5.74, 6) is -0.126. The minimum Gasteiger partial charge on any atom is -0.393 e. The molecule has 1 fully saturated rings. The van der Waals surface area contributed by atoms with E-state index in [0.29, 0.717) is 19.0 Å². The van der Waals surface area contributed by atoms with Crippen LogP contribution in [0.1, 0.15) is 77.6 Å². The van der Waals surface area contributed by atoms with Crippen LogP contribution in [0.5, 0.6) is 0 Å². The van der Waals surface area contributed by atoms with Crippen molar-refractivity contribution in [3.05, 3.63) is 0 Å². The second-order valence-electron chi connectivity index (χ2n) is 8.08. The van der Waals surface area contributed by atoms with E-state index in [1.54, 1.807) is 0 Å². The molecule has 0 saturated carbocycles. The van der Waals surface area contributed by atoms with E-state index in [1.165, 1.54) is 19.3 Å². The highest BCUT2D eigenvalue weighted by Gasteiger charge is 2.29. The summed E-state index contributed by atoms with van der Waals surface area (Å²) in [6.07, 6.45) is 9.45. The van der Waals surface area contributed by atoms with Crippen LogP contribution in [0, 0.1) is 0 Å². The predicted octanol–water partition coefficient (Wildman–Crippen LogP) is 1.78. The first-order valence-electron chi connectivity index (χ1n) is 10.5. The van der Waals surface area contributed by atoms with E-state index in [0.717, 1.165) is 45.1 Å². The molecular formula is C20H41N3O3. The SMILES string of the molecule is CC(N)CCCCCCCC(O)CCNC(=O)CC(O)C1CCCN1C. The molecule has 154 valence electrons. The summed E-state index contributed by atoms with van der Waals surface area (Å²) in [5.41, 5.74) is 5.73. The summed E-state index contributed by atoms with van der Waals surface area (Å²) in [6.45, 7) is 3.51. The Bertz CT molecular complexity index is 379. The van der Waals surface area contributed by atoms with Gasteiger partial charge in [0.15, 0.2) is 0 Å². The van der Waals surface area contributed by atoms with Crippen molar-refractivity contribution in [2.45, 2.75) is 102 Å². The van der Waals surface area contributed by atoms with Gasteiger partial charge in [0, 0.05) is 18.6 Å². The molecule has 4 unspecified atom stereocenters. The van der Waals surface area contributed by atoms with E-state index in [2.05, 4.69) is 10.2 Å². The lowest BCUT2D eigenvalue weighted by molar-refractivity contribution is -0.123. The molecule has 0 aliphatic carbocycles. The third kappa shape index (κ3) is 10.5. The first-order valence-corrected chi connectivity index (χ1v) is 10.5. The van der Waals surface area contributed by atoms with Crippen molar-refractivity contribution in [2.75, 3.05) is 20.1 Å². The molecule has 1 aliphatic heterocycles. The van der Waals surface area contributed by atoms with Crippen molar-refractivity contribution in [1.82, 2.24) is 10.2 Å². The van der Waals surface area contributed by atoms with Crippen LogP contribution in [0.3, 0.4) is 0 Å². The molecule has 1 aliphatic rings. The molecule has 0 aromatic heterocycles. The Morgan fingerprint density at radius 2 is 1.81 bits per heavy atom. The number of aliphatic hydroxyl groups excluding tert-OH is 2. The fourth-order valence-corrected chi connectivity index (χ4v) is 3.72. The summed E-state index contributed by atoms with van der Waals surface area (Å²) in [7, 11) is 1.99. The van der Waals surface area contributed by atoms with Crippen LogP contribution >= 0.6 is 0 Å². The molecule has 26 heavy (non-hydrogen) atoms. The predicted molar refractivity (Wildman–Crippen MR) is 106 cm³/mol. The Labute approximate surface area is 159 Å². The zero-order valence-corrected chi connectivity index (χ0v) is 16.8. The van der Waals surface area contributed by atoms with Crippen LogP contribution in [0.2, 0.25) is 0 Å². The maximum absolute atomic E-state index is 11.9. The minimum absolute atomic E-state index is 0.0967. The quantitative estimate of drug-likeness (QED) is 0.349. The van der Waals surface area contributed by atoms with Gasteiger partial charge in [-0.25, -0.2) is 0 Å². The molecule has 1 amide bonds. The molecule has 6 heteroatoms. The molecule has 1 rings (SSSR count). The Kier molecular flexibility index (Phi) is 12.1. The standard InChI is InChI=1S/C20H41N3O3/c1-16(21)9-6-4-3-5-7-10-17(24)12-13-22-20(26)15-19(25)18-11-8-14-23(18)2/h16-19,24-25H,3-15,21H2,1-2H3,(H,22,26). The van der Waals surface area contributed by atoms with Crippen molar-refractivity contribution in [2.24, 2.45) is 5.73 Å². The summed E-state index contributed by atoms with van der Waals surface area (Å²) in [6, 6.07) is 0.395. The van der Waals surface area contributed by atoms with Crippen molar-refractivity contribution < 1.29 is 15.0 Å². The lowest BCUT2D eigenvalue weighted by Crippen LogP contribution is -2.40. The first kappa shape index (κ1) is 23.3. The van der Waals surface area contributed by atoms with E-state index in [9.17, 15) is 15.0 Å². The highest BCUT2D eigenvalue weighted by molar-refractivity contribution is 5.76. The number of carbonyl (C=O) groups is 1. The van der Waals surface area contributed by atoms with Gasteiger partial charge in [-0.05, 0) is 52.6 Å². The van der Waals surface area contributed by atoms with Gasteiger partial charge in [-0.3, -0.25) is 4.79 Å². The summed E-state index contributed by atoms with van der Waals surface area (Å²) in [5, 5.41) is 23.0. The number of rotatable bonds is 14. The van der Waals surface area contributed by atoms with E-state index in [-0.39, 0.29) is 24.5 Å². The van der Waals surface area contributed by atoms with Crippen LogP contribution in [-0.2, 0) is 4.79 Å². The van der Waals surface area contributed by atoms with Crippen LogP contribution < -0.4 is 11.1 Å². The Hall–Kier alpha value is -0.690. The van der Waals surface area contributed by atoms with Gasteiger partial charge in [-0.15, -0.1) is 0 Å². The first-order chi connectivity index (χ1) is 12.4. The maximum Gasteiger partial charge on any atom is 0.222 e.